The van der Waals surface area contributed by atoms with Crippen molar-refractivity contribution in [1.82, 2.24) is 25.4 Å². The summed E-state index contributed by atoms with van der Waals surface area (Å²) in [4.78, 5) is 4.57. The average molecular weight is 445 g/mol. The van der Waals surface area contributed by atoms with E-state index in [1.54, 1.807) is 30.0 Å². The van der Waals surface area contributed by atoms with Crippen molar-refractivity contribution in [2.75, 3.05) is 25.1 Å². The van der Waals surface area contributed by atoms with E-state index < -0.39 is 6.10 Å². The topological polar surface area (TPSA) is 87.4 Å². The van der Waals surface area contributed by atoms with Crippen molar-refractivity contribution in [3.05, 3.63) is 45.5 Å². The van der Waals surface area contributed by atoms with Crippen molar-refractivity contribution >= 4 is 40.9 Å². The number of halogens is 2. The normalized spacial score (nSPS) is 12.9. The first kappa shape index (κ1) is 22.8. The van der Waals surface area contributed by atoms with Crippen molar-refractivity contribution in [3.63, 3.8) is 0 Å². The van der Waals surface area contributed by atoms with E-state index in [2.05, 4.69) is 32.1 Å². The number of aliphatic imine (C=N–C) groups is 1. The largest absolute Gasteiger partial charge is 0.387 e. The van der Waals surface area contributed by atoms with Crippen molar-refractivity contribution < 1.29 is 5.11 Å². The van der Waals surface area contributed by atoms with Crippen LogP contribution in [0, 0.1) is 6.92 Å². The molecule has 0 aliphatic carbocycles. The van der Waals surface area contributed by atoms with Crippen molar-refractivity contribution in [1.29, 1.82) is 0 Å². The second kappa shape index (κ2) is 11.5. The maximum atomic E-state index is 10.5. The minimum Gasteiger partial charge on any atom is -0.387 e. The molecule has 0 fully saturated rings. The maximum absolute atomic E-state index is 10.5. The number of thioether (sulfide) groups is 1. The Morgan fingerprint density at radius 3 is 2.57 bits per heavy atom. The molecule has 1 heterocycles. The standard InChI is InChI=1S/C18H26Cl2N6OS/c1-12-24-25-17(26(12)2)11-23-18(21-5-4-6-28-3)22-10-16(27)13-7-14(19)9-15(20)8-13/h7-9,16,27H,4-6,10-11H2,1-3H3,(H2,21,22,23). The molecule has 2 rings (SSSR count). The summed E-state index contributed by atoms with van der Waals surface area (Å²) >= 11 is 13.8. The number of nitrogens with zero attached hydrogens (tertiary/aromatic N) is 4. The molecular formula is C18H26Cl2N6OS. The van der Waals surface area contributed by atoms with Gasteiger partial charge in [-0.05, 0) is 49.1 Å². The molecule has 1 aromatic heterocycles. The van der Waals surface area contributed by atoms with Gasteiger partial charge in [0.15, 0.2) is 11.8 Å². The van der Waals surface area contributed by atoms with Crippen LogP contribution in [0.1, 0.15) is 29.7 Å². The Balaban J connectivity index is 2.01. The van der Waals surface area contributed by atoms with Gasteiger partial charge >= 0.3 is 0 Å². The number of rotatable bonds is 9. The average Bonchev–Trinajstić information content (AvgIpc) is 2.97. The lowest BCUT2D eigenvalue weighted by Gasteiger charge is -2.16. The minimum atomic E-state index is -0.772. The molecule has 3 N–H and O–H groups in total. The quantitative estimate of drug-likeness (QED) is 0.313. The van der Waals surface area contributed by atoms with Gasteiger partial charge in [0.05, 0.1) is 6.10 Å². The first-order valence-corrected chi connectivity index (χ1v) is 11.1. The fourth-order valence-electron chi connectivity index (χ4n) is 2.41. The van der Waals surface area contributed by atoms with Crippen LogP contribution in [-0.2, 0) is 13.6 Å². The summed E-state index contributed by atoms with van der Waals surface area (Å²) in [6.45, 7) is 3.33. The lowest BCUT2D eigenvalue weighted by molar-refractivity contribution is 0.181. The maximum Gasteiger partial charge on any atom is 0.191 e. The summed E-state index contributed by atoms with van der Waals surface area (Å²) in [5.74, 6) is 3.27. The first-order chi connectivity index (χ1) is 13.4. The van der Waals surface area contributed by atoms with Gasteiger partial charge in [0.25, 0.3) is 0 Å². The SMILES string of the molecule is CSCCCNC(=NCc1nnc(C)n1C)NCC(O)c1cc(Cl)cc(Cl)c1. The van der Waals surface area contributed by atoms with E-state index in [0.717, 1.165) is 30.4 Å². The fraction of sp³-hybridized carbons (Fsp3) is 0.500. The molecular weight excluding hydrogens is 419 g/mol. The Hall–Kier alpha value is -1.48. The molecule has 0 amide bonds. The number of nitrogens with one attached hydrogen (secondary N) is 2. The van der Waals surface area contributed by atoms with Gasteiger partial charge in [-0.15, -0.1) is 10.2 Å². The molecule has 0 aliphatic heterocycles. The van der Waals surface area contributed by atoms with E-state index in [4.69, 9.17) is 23.2 Å². The highest BCUT2D eigenvalue weighted by molar-refractivity contribution is 7.98. The third kappa shape index (κ3) is 7.16. The van der Waals surface area contributed by atoms with E-state index in [1.807, 2.05) is 18.5 Å². The third-order valence-corrected chi connectivity index (χ3v) is 5.24. The molecule has 1 atom stereocenters. The number of guanidine groups is 1. The Morgan fingerprint density at radius 2 is 1.96 bits per heavy atom. The number of hydrogen-bond donors (Lipinski definition) is 3. The molecule has 0 spiro atoms. The van der Waals surface area contributed by atoms with Crippen LogP contribution >= 0.6 is 35.0 Å². The monoisotopic (exact) mass is 444 g/mol. The fourth-order valence-corrected chi connectivity index (χ4v) is 3.39. The highest BCUT2D eigenvalue weighted by Crippen LogP contribution is 2.23. The summed E-state index contributed by atoms with van der Waals surface area (Å²) in [5, 5.41) is 26.1. The van der Waals surface area contributed by atoms with Gasteiger partial charge in [-0.1, -0.05) is 23.2 Å². The lowest BCUT2D eigenvalue weighted by Crippen LogP contribution is -2.40. The van der Waals surface area contributed by atoms with Crippen LogP contribution in [0.2, 0.25) is 10.0 Å². The van der Waals surface area contributed by atoms with Gasteiger partial charge in [0, 0.05) is 30.2 Å². The number of aliphatic hydroxyl groups is 1. The zero-order valence-corrected chi connectivity index (χ0v) is 18.6. The molecule has 1 aromatic carbocycles. The van der Waals surface area contributed by atoms with Gasteiger partial charge in [-0.3, -0.25) is 0 Å². The number of aromatic nitrogens is 3. The van der Waals surface area contributed by atoms with E-state index >= 15 is 0 Å². The van der Waals surface area contributed by atoms with E-state index in [1.165, 1.54) is 0 Å². The molecule has 0 bridgehead atoms. The summed E-state index contributed by atoms with van der Waals surface area (Å²) in [6, 6.07) is 5.03. The predicted octanol–water partition coefficient (Wildman–Crippen LogP) is 2.95. The third-order valence-electron chi connectivity index (χ3n) is 4.11. The summed E-state index contributed by atoms with van der Waals surface area (Å²) in [7, 11) is 1.91. The second-order valence-electron chi connectivity index (χ2n) is 6.26. The Morgan fingerprint density at radius 1 is 1.25 bits per heavy atom. The minimum absolute atomic E-state index is 0.267. The van der Waals surface area contributed by atoms with Crippen LogP contribution in [0.3, 0.4) is 0 Å². The van der Waals surface area contributed by atoms with Crippen molar-refractivity contribution in [3.8, 4) is 0 Å². The molecule has 154 valence electrons. The van der Waals surface area contributed by atoms with Crippen LogP contribution in [0.4, 0.5) is 0 Å². The molecule has 0 saturated heterocycles. The summed E-state index contributed by atoms with van der Waals surface area (Å²) in [6.07, 6.45) is 2.32. The second-order valence-corrected chi connectivity index (χ2v) is 8.12. The summed E-state index contributed by atoms with van der Waals surface area (Å²) < 4.78 is 1.90. The van der Waals surface area contributed by atoms with Crippen molar-refractivity contribution in [2.24, 2.45) is 12.0 Å². The van der Waals surface area contributed by atoms with E-state index in [9.17, 15) is 5.11 Å². The molecule has 0 radical (unpaired) electrons. The van der Waals surface area contributed by atoms with Gasteiger partial charge in [-0.2, -0.15) is 11.8 Å². The molecule has 1 unspecified atom stereocenters. The molecule has 0 aliphatic rings. The smallest absolute Gasteiger partial charge is 0.191 e. The Bertz CT molecular complexity index is 778. The Kier molecular flexibility index (Phi) is 9.37. The first-order valence-electron chi connectivity index (χ1n) is 8.90. The van der Waals surface area contributed by atoms with E-state index in [-0.39, 0.29) is 6.54 Å². The van der Waals surface area contributed by atoms with Crippen LogP contribution in [0.5, 0.6) is 0 Å². The molecule has 2 aromatic rings. The number of aryl methyl sites for hydroxylation is 1. The zero-order chi connectivity index (χ0) is 20.5. The molecule has 28 heavy (non-hydrogen) atoms. The van der Waals surface area contributed by atoms with Crippen LogP contribution < -0.4 is 10.6 Å². The zero-order valence-electron chi connectivity index (χ0n) is 16.2. The molecule has 0 saturated carbocycles. The van der Waals surface area contributed by atoms with Crippen LogP contribution in [0.25, 0.3) is 0 Å². The number of hydrogen-bond acceptors (Lipinski definition) is 5. The van der Waals surface area contributed by atoms with Crippen molar-refractivity contribution in [2.45, 2.75) is 26.0 Å². The van der Waals surface area contributed by atoms with Gasteiger partial charge < -0.3 is 20.3 Å². The lowest BCUT2D eigenvalue weighted by atomic mass is 10.1. The summed E-state index contributed by atoms with van der Waals surface area (Å²) in [5.41, 5.74) is 0.649. The van der Waals surface area contributed by atoms with Gasteiger partial charge in [0.1, 0.15) is 12.4 Å². The predicted molar refractivity (Wildman–Crippen MR) is 117 cm³/mol. The van der Waals surface area contributed by atoms with Crippen LogP contribution in [0.15, 0.2) is 23.2 Å². The van der Waals surface area contributed by atoms with Crippen LogP contribution in [-0.4, -0.2) is 50.9 Å². The Labute approximate surface area is 179 Å². The number of aliphatic hydroxyl groups excluding tert-OH is 1. The molecule has 7 nitrogen and oxygen atoms in total. The van der Waals surface area contributed by atoms with Gasteiger partial charge in [0.2, 0.25) is 0 Å². The number of benzene rings is 1. The highest BCUT2D eigenvalue weighted by Gasteiger charge is 2.11. The van der Waals surface area contributed by atoms with E-state index in [0.29, 0.717) is 28.1 Å². The highest BCUT2D eigenvalue weighted by atomic mass is 35.5. The van der Waals surface area contributed by atoms with Gasteiger partial charge in [-0.25, -0.2) is 4.99 Å². The molecule has 10 heteroatoms.